The smallest absolute Gasteiger partial charge is 0.316 e. The minimum Gasteiger partial charge on any atom is -0.476 e. The topological polar surface area (TPSA) is 128 Å². The van der Waals surface area contributed by atoms with Crippen molar-refractivity contribution < 1.29 is 27.5 Å². The van der Waals surface area contributed by atoms with Crippen LogP contribution in [0.25, 0.3) is 0 Å². The van der Waals surface area contributed by atoms with Gasteiger partial charge in [0.1, 0.15) is 5.75 Å². The molecule has 34 heavy (non-hydrogen) atoms. The zero-order valence-corrected chi connectivity index (χ0v) is 20.6. The Morgan fingerprint density at radius 1 is 1.24 bits per heavy atom. The Balaban J connectivity index is 1.56. The number of ether oxygens (including phenoxy) is 2. The Hall–Kier alpha value is -3.16. The largest absolute Gasteiger partial charge is 0.476 e. The summed E-state index contributed by atoms with van der Waals surface area (Å²) in [5, 5.41) is 10.6. The number of aromatic nitrogens is 2. The molecule has 0 spiro atoms. The van der Waals surface area contributed by atoms with E-state index < -0.39 is 28.0 Å². The van der Waals surface area contributed by atoms with Crippen LogP contribution in [0.5, 0.6) is 5.75 Å². The van der Waals surface area contributed by atoms with E-state index in [9.17, 15) is 18.0 Å². The summed E-state index contributed by atoms with van der Waals surface area (Å²) < 4.78 is 38.9. The summed E-state index contributed by atoms with van der Waals surface area (Å²) in [6.45, 7) is 1.62. The Morgan fingerprint density at radius 3 is 2.74 bits per heavy atom. The monoisotopic (exact) mass is 520 g/mol. The third kappa shape index (κ3) is 5.16. The molecule has 1 aliphatic rings. The predicted octanol–water partition coefficient (Wildman–Crippen LogP) is 2.71. The van der Waals surface area contributed by atoms with Crippen molar-refractivity contribution in [3.63, 3.8) is 0 Å². The number of sulfonamides is 1. The first kappa shape index (κ1) is 24.0. The molecule has 1 N–H and O–H groups in total. The van der Waals surface area contributed by atoms with Gasteiger partial charge in [-0.2, -0.15) is 0 Å². The maximum atomic E-state index is 13.4. The van der Waals surface area contributed by atoms with E-state index in [1.807, 2.05) is 6.92 Å². The van der Waals surface area contributed by atoms with Gasteiger partial charge in [-0.3, -0.25) is 19.2 Å². The zero-order valence-electron chi connectivity index (χ0n) is 18.1. The van der Waals surface area contributed by atoms with Gasteiger partial charge in [0.15, 0.2) is 10.4 Å². The molecular formula is C21H20N4O6S3. The van der Waals surface area contributed by atoms with Crippen LogP contribution in [0.4, 0.5) is 10.8 Å². The molecule has 0 fully saturated rings. The highest BCUT2D eigenvalue weighted by molar-refractivity contribution is 8.01. The van der Waals surface area contributed by atoms with Gasteiger partial charge < -0.3 is 9.47 Å². The Kier molecular flexibility index (Phi) is 7.05. The van der Waals surface area contributed by atoms with Crippen molar-refractivity contribution in [2.75, 3.05) is 29.0 Å². The van der Waals surface area contributed by atoms with Gasteiger partial charge in [-0.25, -0.2) is 8.42 Å². The van der Waals surface area contributed by atoms with E-state index in [1.165, 1.54) is 23.5 Å². The lowest BCUT2D eigenvalue weighted by Crippen LogP contribution is -2.48. The van der Waals surface area contributed by atoms with Crippen molar-refractivity contribution in [2.45, 2.75) is 22.3 Å². The minimum atomic E-state index is -3.94. The number of amides is 1. The molecule has 10 nitrogen and oxygen atoms in total. The number of benzene rings is 2. The number of nitrogens with one attached hydrogen (secondary N) is 1. The summed E-state index contributed by atoms with van der Waals surface area (Å²) >= 11 is 2.21. The molecule has 0 aliphatic carbocycles. The first-order valence-corrected chi connectivity index (χ1v) is 13.2. The van der Waals surface area contributed by atoms with Crippen molar-refractivity contribution in [1.29, 1.82) is 0 Å². The first-order valence-electron chi connectivity index (χ1n) is 9.97. The number of aryl methyl sites for hydroxylation is 1. The number of methoxy groups -OCH3 is 1. The lowest BCUT2D eigenvalue weighted by Gasteiger charge is -2.34. The number of hydrogen-bond acceptors (Lipinski definition) is 10. The van der Waals surface area contributed by atoms with E-state index in [1.54, 1.807) is 36.4 Å². The highest BCUT2D eigenvalue weighted by Gasteiger charge is 2.38. The van der Waals surface area contributed by atoms with E-state index in [0.717, 1.165) is 28.7 Å². The molecular weight excluding hydrogens is 500 g/mol. The SMILES string of the molecule is COC(=O)CSc1nnc(NC(=O)C2CN(S(=O)(=O)c3ccccc3)c3cc(C)ccc3O2)s1. The molecule has 0 saturated heterocycles. The average Bonchev–Trinajstić information content (AvgIpc) is 3.29. The molecule has 13 heteroatoms. The molecule has 0 bridgehead atoms. The third-order valence-electron chi connectivity index (χ3n) is 4.79. The van der Waals surface area contributed by atoms with Gasteiger partial charge in [0.25, 0.3) is 15.9 Å². The van der Waals surface area contributed by atoms with Gasteiger partial charge in [-0.15, -0.1) is 10.2 Å². The van der Waals surface area contributed by atoms with Crippen LogP contribution < -0.4 is 14.4 Å². The molecule has 178 valence electrons. The van der Waals surface area contributed by atoms with Gasteiger partial charge in [0.2, 0.25) is 5.13 Å². The fourth-order valence-corrected chi connectivity index (χ4v) is 6.21. The van der Waals surface area contributed by atoms with Crippen LogP contribution in [-0.4, -0.2) is 56.0 Å². The van der Waals surface area contributed by atoms with Crippen molar-refractivity contribution in [1.82, 2.24) is 10.2 Å². The number of esters is 1. The minimum absolute atomic E-state index is 0.0628. The van der Waals surface area contributed by atoms with E-state index >= 15 is 0 Å². The van der Waals surface area contributed by atoms with Crippen LogP contribution in [0.1, 0.15) is 5.56 Å². The standard InChI is InChI=1S/C21H20N4O6S3/c1-13-8-9-16-15(10-13)25(34(28,29)14-6-4-3-5-7-14)11-17(31-16)19(27)22-20-23-24-21(33-20)32-12-18(26)30-2/h3-10,17H,11-12H2,1-2H3,(H,22,23,27). The summed E-state index contributed by atoms with van der Waals surface area (Å²) in [5.74, 6) is -0.633. The van der Waals surface area contributed by atoms with E-state index in [-0.39, 0.29) is 28.1 Å². The van der Waals surface area contributed by atoms with E-state index in [2.05, 4.69) is 20.3 Å². The van der Waals surface area contributed by atoms with Crippen molar-refractivity contribution in [3.8, 4) is 5.75 Å². The fraction of sp³-hybridized carbons (Fsp3) is 0.238. The highest BCUT2D eigenvalue weighted by Crippen LogP contribution is 2.38. The summed E-state index contributed by atoms with van der Waals surface area (Å²) in [5.41, 5.74) is 1.22. The number of hydrogen-bond donors (Lipinski definition) is 1. The Bertz CT molecular complexity index is 1310. The highest BCUT2D eigenvalue weighted by atomic mass is 32.2. The molecule has 1 unspecified atom stereocenters. The van der Waals surface area contributed by atoms with Crippen LogP contribution in [-0.2, 0) is 24.3 Å². The Labute approximate surface area is 204 Å². The van der Waals surface area contributed by atoms with Gasteiger partial charge in [-0.1, -0.05) is 47.4 Å². The molecule has 1 aliphatic heterocycles. The fourth-order valence-electron chi connectivity index (χ4n) is 3.13. The number of fused-ring (bicyclic) bond motifs is 1. The maximum absolute atomic E-state index is 13.4. The van der Waals surface area contributed by atoms with E-state index in [0.29, 0.717) is 10.0 Å². The summed E-state index contributed by atoms with van der Waals surface area (Å²) in [4.78, 5) is 24.4. The third-order valence-corrected chi connectivity index (χ3v) is 8.52. The molecule has 1 aromatic heterocycles. The lowest BCUT2D eigenvalue weighted by molar-refractivity contribution is -0.137. The molecule has 4 rings (SSSR count). The number of carbonyl (C=O) groups is 2. The van der Waals surface area contributed by atoms with Crippen molar-refractivity contribution >= 4 is 55.8 Å². The quantitative estimate of drug-likeness (QED) is 0.284. The summed E-state index contributed by atoms with van der Waals surface area (Å²) in [7, 11) is -2.65. The second kappa shape index (κ2) is 9.99. The second-order valence-corrected chi connectivity index (χ2v) is 11.2. The summed E-state index contributed by atoms with van der Waals surface area (Å²) in [6, 6.07) is 13.1. The van der Waals surface area contributed by atoms with Gasteiger partial charge in [0, 0.05) is 0 Å². The maximum Gasteiger partial charge on any atom is 0.316 e. The number of thioether (sulfide) groups is 1. The molecule has 2 aromatic carbocycles. The summed E-state index contributed by atoms with van der Waals surface area (Å²) in [6.07, 6.45) is -1.12. The average molecular weight is 521 g/mol. The van der Waals surface area contributed by atoms with E-state index in [4.69, 9.17) is 4.74 Å². The zero-order chi connectivity index (χ0) is 24.3. The number of carbonyl (C=O) groups excluding carboxylic acids is 2. The molecule has 0 saturated carbocycles. The van der Waals surface area contributed by atoms with Crippen LogP contribution >= 0.6 is 23.1 Å². The van der Waals surface area contributed by atoms with Crippen molar-refractivity contribution in [3.05, 3.63) is 54.1 Å². The predicted molar refractivity (Wildman–Crippen MR) is 128 cm³/mol. The lowest BCUT2D eigenvalue weighted by atomic mass is 10.1. The van der Waals surface area contributed by atoms with Crippen LogP contribution in [0, 0.1) is 6.92 Å². The van der Waals surface area contributed by atoms with Crippen LogP contribution in [0.15, 0.2) is 57.8 Å². The van der Waals surface area contributed by atoms with Gasteiger partial charge in [-0.05, 0) is 36.8 Å². The number of anilines is 2. The number of rotatable bonds is 7. The van der Waals surface area contributed by atoms with Gasteiger partial charge >= 0.3 is 5.97 Å². The molecule has 1 atom stereocenters. The molecule has 0 radical (unpaired) electrons. The molecule has 2 heterocycles. The van der Waals surface area contributed by atoms with Crippen LogP contribution in [0.3, 0.4) is 0 Å². The Morgan fingerprint density at radius 2 is 2.00 bits per heavy atom. The first-order chi connectivity index (χ1) is 16.3. The molecule has 3 aromatic rings. The molecule has 1 amide bonds. The number of nitrogens with zero attached hydrogens (tertiary/aromatic N) is 3. The van der Waals surface area contributed by atoms with Crippen LogP contribution in [0.2, 0.25) is 0 Å². The van der Waals surface area contributed by atoms with Crippen molar-refractivity contribution in [2.24, 2.45) is 0 Å². The second-order valence-electron chi connectivity index (χ2n) is 7.15. The normalized spacial score (nSPS) is 15.2. The van der Waals surface area contributed by atoms with Gasteiger partial charge in [0.05, 0.1) is 30.0 Å².